The normalized spacial score (nSPS) is 21.5. The number of nitrogens with one attached hydrogen (secondary N) is 2. The van der Waals surface area contributed by atoms with E-state index in [2.05, 4.69) is 15.3 Å². The van der Waals surface area contributed by atoms with E-state index in [9.17, 15) is 4.79 Å². The molecule has 0 bridgehead atoms. The van der Waals surface area contributed by atoms with Gasteiger partial charge in [-0.2, -0.15) is 0 Å². The Hall–Kier alpha value is -0.810. The third kappa shape index (κ3) is 3.35. The number of aromatic nitrogens is 2. The van der Waals surface area contributed by atoms with Crippen LogP contribution in [-0.2, 0) is 0 Å². The molecule has 5 heteroatoms. The van der Waals surface area contributed by atoms with Gasteiger partial charge in [0.15, 0.2) is 5.16 Å². The Morgan fingerprint density at radius 3 is 3.27 bits per heavy atom. The van der Waals surface area contributed by atoms with Gasteiger partial charge >= 0.3 is 0 Å². The Bertz CT molecular complexity index is 360. The van der Waals surface area contributed by atoms with Crippen LogP contribution in [0.1, 0.15) is 12.8 Å². The number of hydrogen-bond donors (Lipinski definition) is 2. The molecule has 1 atom stereocenters. The standard InChI is InChI=1S/C10H15N3OS/c14-9-3-5-12-10(13-9)15-7-8-2-1-4-11-6-8/h3,5,8,11H,1-2,4,6-7H2,(H,12,13,14). The minimum atomic E-state index is -0.0748. The van der Waals surface area contributed by atoms with E-state index in [1.807, 2.05) is 0 Å². The molecule has 1 aromatic heterocycles. The molecule has 82 valence electrons. The van der Waals surface area contributed by atoms with Gasteiger partial charge in [-0.05, 0) is 31.8 Å². The second-order valence-corrected chi connectivity index (χ2v) is 4.77. The average molecular weight is 225 g/mol. The largest absolute Gasteiger partial charge is 0.316 e. The van der Waals surface area contributed by atoms with E-state index >= 15 is 0 Å². The number of thioether (sulfide) groups is 1. The lowest BCUT2D eigenvalue weighted by Crippen LogP contribution is -2.31. The Balaban J connectivity index is 1.84. The summed E-state index contributed by atoms with van der Waals surface area (Å²) in [5.74, 6) is 1.73. The third-order valence-electron chi connectivity index (χ3n) is 2.50. The molecule has 15 heavy (non-hydrogen) atoms. The Morgan fingerprint density at radius 2 is 2.53 bits per heavy atom. The van der Waals surface area contributed by atoms with Crippen molar-refractivity contribution in [3.8, 4) is 0 Å². The highest BCUT2D eigenvalue weighted by atomic mass is 32.2. The van der Waals surface area contributed by atoms with Crippen molar-refractivity contribution in [2.45, 2.75) is 18.0 Å². The summed E-state index contributed by atoms with van der Waals surface area (Å²) in [6.07, 6.45) is 4.08. The lowest BCUT2D eigenvalue weighted by Gasteiger charge is -2.21. The zero-order valence-corrected chi connectivity index (χ0v) is 9.35. The molecule has 2 rings (SSSR count). The topological polar surface area (TPSA) is 57.8 Å². The molecule has 1 fully saturated rings. The van der Waals surface area contributed by atoms with Crippen LogP contribution in [0.25, 0.3) is 0 Å². The van der Waals surface area contributed by atoms with Crippen molar-refractivity contribution < 1.29 is 0 Å². The summed E-state index contributed by atoms with van der Waals surface area (Å²) >= 11 is 1.63. The van der Waals surface area contributed by atoms with E-state index in [-0.39, 0.29) is 5.56 Å². The molecule has 1 saturated heterocycles. The molecule has 0 radical (unpaired) electrons. The second-order valence-electron chi connectivity index (χ2n) is 3.76. The predicted molar refractivity (Wildman–Crippen MR) is 61.2 cm³/mol. The molecule has 2 heterocycles. The van der Waals surface area contributed by atoms with Gasteiger partial charge in [0.25, 0.3) is 5.56 Å². The maximum Gasteiger partial charge on any atom is 0.251 e. The molecule has 0 spiro atoms. The van der Waals surface area contributed by atoms with Crippen molar-refractivity contribution in [3.05, 3.63) is 22.6 Å². The van der Waals surface area contributed by atoms with E-state index in [0.717, 1.165) is 24.0 Å². The first-order valence-electron chi connectivity index (χ1n) is 5.23. The molecular formula is C10H15N3OS. The van der Waals surface area contributed by atoms with Crippen LogP contribution in [0.15, 0.2) is 22.2 Å². The monoisotopic (exact) mass is 225 g/mol. The fraction of sp³-hybridized carbons (Fsp3) is 0.600. The molecule has 4 nitrogen and oxygen atoms in total. The maximum absolute atomic E-state index is 11.0. The fourth-order valence-corrected chi connectivity index (χ4v) is 2.67. The molecule has 0 amide bonds. The molecule has 1 aliphatic rings. The van der Waals surface area contributed by atoms with Gasteiger partial charge in [0.05, 0.1) is 0 Å². The maximum atomic E-state index is 11.0. The van der Waals surface area contributed by atoms with Gasteiger partial charge in [-0.25, -0.2) is 4.98 Å². The highest BCUT2D eigenvalue weighted by molar-refractivity contribution is 7.99. The molecule has 1 aromatic rings. The first kappa shape index (κ1) is 10.7. The van der Waals surface area contributed by atoms with Crippen LogP contribution in [0.4, 0.5) is 0 Å². The predicted octanol–water partition coefficient (Wildman–Crippen LogP) is 0.862. The van der Waals surface area contributed by atoms with Crippen molar-refractivity contribution in [3.63, 3.8) is 0 Å². The van der Waals surface area contributed by atoms with Crippen molar-refractivity contribution in [2.75, 3.05) is 18.8 Å². The minimum Gasteiger partial charge on any atom is -0.316 e. The second kappa shape index (κ2) is 5.32. The molecular weight excluding hydrogens is 210 g/mol. The summed E-state index contributed by atoms with van der Waals surface area (Å²) in [5.41, 5.74) is -0.0748. The minimum absolute atomic E-state index is 0.0748. The van der Waals surface area contributed by atoms with Crippen molar-refractivity contribution in [1.29, 1.82) is 0 Å². The lowest BCUT2D eigenvalue weighted by atomic mass is 10.0. The molecule has 2 N–H and O–H groups in total. The summed E-state index contributed by atoms with van der Waals surface area (Å²) in [6.45, 7) is 2.23. The summed E-state index contributed by atoms with van der Waals surface area (Å²) in [4.78, 5) is 17.9. The van der Waals surface area contributed by atoms with Gasteiger partial charge < -0.3 is 10.3 Å². The van der Waals surface area contributed by atoms with Gasteiger partial charge in [0.2, 0.25) is 0 Å². The Morgan fingerprint density at radius 1 is 1.60 bits per heavy atom. The van der Waals surface area contributed by atoms with Gasteiger partial charge in [0.1, 0.15) is 0 Å². The molecule has 1 unspecified atom stereocenters. The van der Waals surface area contributed by atoms with Crippen molar-refractivity contribution >= 4 is 11.8 Å². The first-order valence-corrected chi connectivity index (χ1v) is 6.22. The zero-order chi connectivity index (χ0) is 10.5. The summed E-state index contributed by atoms with van der Waals surface area (Å²) in [7, 11) is 0. The van der Waals surface area contributed by atoms with Crippen LogP contribution in [-0.4, -0.2) is 28.8 Å². The number of piperidine rings is 1. The molecule has 0 aromatic carbocycles. The van der Waals surface area contributed by atoms with E-state index in [1.165, 1.54) is 18.9 Å². The van der Waals surface area contributed by atoms with E-state index < -0.39 is 0 Å². The highest BCUT2D eigenvalue weighted by Gasteiger charge is 2.13. The smallest absolute Gasteiger partial charge is 0.251 e. The number of hydrogen-bond acceptors (Lipinski definition) is 4. The lowest BCUT2D eigenvalue weighted by molar-refractivity contribution is 0.410. The number of H-pyrrole nitrogens is 1. The van der Waals surface area contributed by atoms with Crippen LogP contribution < -0.4 is 10.9 Å². The Kier molecular flexibility index (Phi) is 3.80. The molecule has 1 aliphatic heterocycles. The van der Waals surface area contributed by atoms with E-state index in [4.69, 9.17) is 0 Å². The fourth-order valence-electron chi connectivity index (χ4n) is 1.69. The SMILES string of the molecule is O=c1ccnc(SCC2CCCNC2)[nH]1. The van der Waals surface area contributed by atoms with Gasteiger partial charge in [-0.1, -0.05) is 11.8 Å². The first-order chi connectivity index (χ1) is 7.34. The van der Waals surface area contributed by atoms with Crippen LogP contribution in [0, 0.1) is 5.92 Å². The van der Waals surface area contributed by atoms with Crippen LogP contribution >= 0.6 is 11.8 Å². The number of rotatable bonds is 3. The Labute approximate surface area is 92.9 Å². The summed E-state index contributed by atoms with van der Waals surface area (Å²) < 4.78 is 0. The van der Waals surface area contributed by atoms with E-state index in [1.54, 1.807) is 18.0 Å². The molecule has 0 aliphatic carbocycles. The van der Waals surface area contributed by atoms with Gasteiger partial charge in [-0.15, -0.1) is 0 Å². The quantitative estimate of drug-likeness (QED) is 0.592. The van der Waals surface area contributed by atoms with Crippen LogP contribution in [0.5, 0.6) is 0 Å². The van der Waals surface area contributed by atoms with Crippen LogP contribution in [0.3, 0.4) is 0 Å². The zero-order valence-electron chi connectivity index (χ0n) is 8.53. The van der Waals surface area contributed by atoms with Gasteiger partial charge in [0, 0.05) is 18.0 Å². The average Bonchev–Trinajstić information content (AvgIpc) is 2.28. The van der Waals surface area contributed by atoms with Crippen molar-refractivity contribution in [1.82, 2.24) is 15.3 Å². The molecule has 0 saturated carbocycles. The van der Waals surface area contributed by atoms with Crippen LogP contribution in [0.2, 0.25) is 0 Å². The summed E-state index contributed by atoms with van der Waals surface area (Å²) in [5, 5.41) is 4.11. The van der Waals surface area contributed by atoms with E-state index in [0.29, 0.717) is 5.92 Å². The number of nitrogens with zero attached hydrogens (tertiary/aromatic N) is 1. The van der Waals surface area contributed by atoms with Gasteiger partial charge in [-0.3, -0.25) is 4.79 Å². The third-order valence-corrected chi connectivity index (χ3v) is 3.62. The summed E-state index contributed by atoms with van der Waals surface area (Å²) in [6, 6.07) is 1.44. The van der Waals surface area contributed by atoms with Crippen molar-refractivity contribution in [2.24, 2.45) is 5.92 Å². The highest BCUT2D eigenvalue weighted by Crippen LogP contribution is 2.19. The number of aromatic amines is 1.